The van der Waals surface area contributed by atoms with E-state index in [9.17, 15) is 0 Å². The Morgan fingerprint density at radius 3 is 1.36 bits per heavy atom. The molecule has 108 valence electrons. The minimum Gasteiger partial charge on any atom is -0.147 e. The van der Waals surface area contributed by atoms with Gasteiger partial charge >= 0.3 is 0 Å². The third-order valence-corrected chi connectivity index (χ3v) is 5.26. The summed E-state index contributed by atoms with van der Waals surface area (Å²) < 4.78 is 0. The summed E-state index contributed by atoms with van der Waals surface area (Å²) in [7, 11) is 0.684. The Morgan fingerprint density at radius 2 is 0.864 bits per heavy atom. The lowest BCUT2D eigenvalue weighted by Crippen LogP contribution is -2.05. The first-order valence-corrected chi connectivity index (χ1v) is 8.14. The predicted molar refractivity (Wildman–Crippen MR) is 103 cm³/mol. The Balaban J connectivity index is 0.00000144. The second-order valence-corrected chi connectivity index (χ2v) is 6.51. The van der Waals surface area contributed by atoms with E-state index in [0.29, 0.717) is 8.58 Å². The molecule has 0 N–H and O–H groups in total. The molecule has 4 aromatic carbocycles. The van der Waals surface area contributed by atoms with E-state index in [1.807, 2.05) is 0 Å². The average Bonchev–Trinajstić information content (AvgIpc) is 2.56. The quantitative estimate of drug-likeness (QED) is 0.453. The summed E-state index contributed by atoms with van der Waals surface area (Å²) in [5.74, 6) is 0. The SMILES string of the molecule is Cl.c1ccc2c(Pc3cccc4ccccc34)cccc2c1. The van der Waals surface area contributed by atoms with Crippen LogP contribution in [0.25, 0.3) is 21.5 Å². The smallest absolute Gasteiger partial charge is 0.0106 e. The molecule has 0 aliphatic carbocycles. The number of hydrogen-bond acceptors (Lipinski definition) is 0. The van der Waals surface area contributed by atoms with Gasteiger partial charge in [0.2, 0.25) is 0 Å². The normalized spacial score (nSPS) is 10.5. The topological polar surface area (TPSA) is 0 Å². The largest absolute Gasteiger partial charge is 0.147 e. The van der Waals surface area contributed by atoms with Gasteiger partial charge in [0, 0.05) is 0 Å². The van der Waals surface area contributed by atoms with Gasteiger partial charge in [-0.05, 0) is 32.2 Å². The Hall–Kier alpha value is -1.88. The molecule has 0 spiro atoms. The minimum atomic E-state index is 0. The van der Waals surface area contributed by atoms with Gasteiger partial charge in [0.15, 0.2) is 0 Å². The van der Waals surface area contributed by atoms with Crippen molar-refractivity contribution in [2.45, 2.75) is 0 Å². The summed E-state index contributed by atoms with van der Waals surface area (Å²) in [5, 5.41) is 8.22. The highest BCUT2D eigenvalue weighted by atomic mass is 35.5. The molecular formula is C20H16ClP. The fourth-order valence-corrected chi connectivity index (χ4v) is 4.19. The maximum atomic E-state index is 2.25. The second-order valence-electron chi connectivity index (χ2n) is 5.18. The van der Waals surface area contributed by atoms with Crippen molar-refractivity contribution in [1.82, 2.24) is 0 Å². The van der Waals surface area contributed by atoms with Crippen molar-refractivity contribution in [2.75, 3.05) is 0 Å². The van der Waals surface area contributed by atoms with Gasteiger partial charge in [-0.1, -0.05) is 93.5 Å². The summed E-state index contributed by atoms with van der Waals surface area (Å²) in [5.41, 5.74) is 0. The van der Waals surface area contributed by atoms with Gasteiger partial charge in [0.05, 0.1) is 0 Å². The van der Waals surface area contributed by atoms with Crippen LogP contribution in [-0.2, 0) is 0 Å². The Morgan fingerprint density at radius 1 is 0.455 bits per heavy atom. The first-order valence-electron chi connectivity index (χ1n) is 7.14. The molecule has 2 heteroatoms. The van der Waals surface area contributed by atoms with Gasteiger partial charge in [0.1, 0.15) is 0 Å². The zero-order valence-corrected chi connectivity index (χ0v) is 13.8. The van der Waals surface area contributed by atoms with Crippen molar-refractivity contribution in [3.63, 3.8) is 0 Å². The molecule has 4 aromatic rings. The molecule has 0 atom stereocenters. The molecule has 4 rings (SSSR count). The maximum absolute atomic E-state index is 2.25. The molecule has 0 radical (unpaired) electrons. The van der Waals surface area contributed by atoms with E-state index in [2.05, 4.69) is 84.9 Å². The lowest BCUT2D eigenvalue weighted by molar-refractivity contribution is 1.77. The van der Waals surface area contributed by atoms with Crippen LogP contribution >= 0.6 is 21.0 Å². The molecule has 0 bridgehead atoms. The van der Waals surface area contributed by atoms with Gasteiger partial charge in [0.25, 0.3) is 0 Å². The number of fused-ring (bicyclic) bond motifs is 2. The van der Waals surface area contributed by atoms with Gasteiger partial charge < -0.3 is 0 Å². The van der Waals surface area contributed by atoms with Crippen LogP contribution < -0.4 is 10.6 Å². The molecule has 0 fully saturated rings. The van der Waals surface area contributed by atoms with Crippen molar-refractivity contribution in [2.24, 2.45) is 0 Å². The van der Waals surface area contributed by atoms with E-state index >= 15 is 0 Å². The van der Waals surface area contributed by atoms with E-state index in [4.69, 9.17) is 0 Å². The number of rotatable bonds is 2. The summed E-state index contributed by atoms with van der Waals surface area (Å²) in [6.07, 6.45) is 0. The molecule has 0 aliphatic rings. The number of hydrogen-bond donors (Lipinski definition) is 0. The molecule has 0 nitrogen and oxygen atoms in total. The lowest BCUT2D eigenvalue weighted by Gasteiger charge is -2.09. The van der Waals surface area contributed by atoms with Crippen molar-refractivity contribution in [3.05, 3.63) is 84.9 Å². The zero-order valence-electron chi connectivity index (χ0n) is 12.0. The van der Waals surface area contributed by atoms with Gasteiger partial charge in [-0.15, -0.1) is 12.4 Å². The highest BCUT2D eigenvalue weighted by Gasteiger charge is 2.04. The standard InChI is InChI=1S/C20H15P.ClH/c1-3-11-17-15(7-1)9-5-13-19(17)21-20-14-6-10-16-8-2-4-12-18(16)20;/h1-14,21H;1H. The van der Waals surface area contributed by atoms with Crippen LogP contribution in [0.15, 0.2) is 84.9 Å². The summed E-state index contributed by atoms with van der Waals surface area (Å²) in [4.78, 5) is 0. The van der Waals surface area contributed by atoms with E-state index in [1.165, 1.54) is 32.2 Å². The van der Waals surface area contributed by atoms with Gasteiger partial charge in [-0.25, -0.2) is 0 Å². The van der Waals surface area contributed by atoms with E-state index in [1.54, 1.807) is 0 Å². The van der Waals surface area contributed by atoms with Gasteiger partial charge in [-0.2, -0.15) is 0 Å². The zero-order chi connectivity index (χ0) is 14.1. The molecule has 0 saturated carbocycles. The monoisotopic (exact) mass is 322 g/mol. The molecule has 0 aromatic heterocycles. The predicted octanol–water partition coefficient (Wildman–Crippen LogP) is 5.04. The summed E-state index contributed by atoms with van der Waals surface area (Å²) >= 11 is 0. The van der Waals surface area contributed by atoms with Crippen molar-refractivity contribution in [3.8, 4) is 0 Å². The Kier molecular flexibility index (Phi) is 4.43. The summed E-state index contributed by atoms with van der Waals surface area (Å²) in [6, 6.07) is 30.5. The average molecular weight is 323 g/mol. The third-order valence-electron chi connectivity index (χ3n) is 3.85. The lowest BCUT2D eigenvalue weighted by atomic mass is 10.1. The number of halogens is 1. The number of benzene rings is 4. The van der Waals surface area contributed by atoms with E-state index in [-0.39, 0.29) is 12.4 Å². The summed E-state index contributed by atoms with van der Waals surface area (Å²) in [6.45, 7) is 0. The van der Waals surface area contributed by atoms with Gasteiger partial charge in [-0.3, -0.25) is 0 Å². The fourth-order valence-electron chi connectivity index (χ4n) is 2.81. The van der Waals surface area contributed by atoms with E-state index in [0.717, 1.165) is 0 Å². The van der Waals surface area contributed by atoms with Crippen LogP contribution in [0.2, 0.25) is 0 Å². The van der Waals surface area contributed by atoms with Crippen LogP contribution in [-0.4, -0.2) is 0 Å². The van der Waals surface area contributed by atoms with Crippen LogP contribution in [0.3, 0.4) is 0 Å². The van der Waals surface area contributed by atoms with Crippen molar-refractivity contribution < 1.29 is 0 Å². The van der Waals surface area contributed by atoms with Crippen molar-refractivity contribution in [1.29, 1.82) is 0 Å². The molecule has 0 heterocycles. The molecular weight excluding hydrogens is 307 g/mol. The molecule has 0 saturated heterocycles. The Labute approximate surface area is 138 Å². The first-order chi connectivity index (χ1) is 10.4. The molecule has 0 unspecified atom stereocenters. The highest BCUT2D eigenvalue weighted by Crippen LogP contribution is 2.23. The van der Waals surface area contributed by atoms with Crippen LogP contribution in [0.1, 0.15) is 0 Å². The second kappa shape index (κ2) is 6.48. The van der Waals surface area contributed by atoms with Crippen LogP contribution in [0.5, 0.6) is 0 Å². The highest BCUT2D eigenvalue weighted by molar-refractivity contribution is 7.56. The third kappa shape index (κ3) is 2.73. The van der Waals surface area contributed by atoms with E-state index < -0.39 is 0 Å². The molecule has 0 amide bonds. The molecule has 22 heavy (non-hydrogen) atoms. The van der Waals surface area contributed by atoms with Crippen LogP contribution in [0, 0.1) is 0 Å². The minimum absolute atomic E-state index is 0. The molecule has 0 aliphatic heterocycles. The van der Waals surface area contributed by atoms with Crippen LogP contribution in [0.4, 0.5) is 0 Å². The fraction of sp³-hybridized carbons (Fsp3) is 0. The Bertz CT molecular complexity index is 843. The van der Waals surface area contributed by atoms with Crippen molar-refractivity contribution >= 4 is 53.1 Å². The maximum Gasteiger partial charge on any atom is -0.0106 e. The first kappa shape index (κ1) is 15.0.